The van der Waals surface area contributed by atoms with Crippen LogP contribution in [-0.4, -0.2) is 32.0 Å². The molecule has 0 spiro atoms. The molecule has 0 radical (unpaired) electrons. The molecule has 0 bridgehead atoms. The van der Waals surface area contributed by atoms with Gasteiger partial charge in [0.2, 0.25) is 0 Å². The Morgan fingerprint density at radius 1 is 0.911 bits per heavy atom. The van der Waals surface area contributed by atoms with Crippen molar-refractivity contribution in [3.8, 4) is 28.3 Å². The van der Waals surface area contributed by atoms with Crippen molar-refractivity contribution in [3.63, 3.8) is 0 Å². The van der Waals surface area contributed by atoms with E-state index in [0.717, 1.165) is 33.5 Å². The molecule has 45 heavy (non-hydrogen) atoms. The lowest BCUT2D eigenvalue weighted by molar-refractivity contribution is -0.138. The number of para-hydroxylation sites is 1. The molecule has 0 aliphatic rings. The van der Waals surface area contributed by atoms with Crippen molar-refractivity contribution in [1.82, 2.24) is 14.3 Å². The Bertz CT molecular complexity index is 1860. The summed E-state index contributed by atoms with van der Waals surface area (Å²) in [5.41, 5.74) is 1.89. The van der Waals surface area contributed by atoms with Crippen molar-refractivity contribution in [2.75, 3.05) is 6.61 Å². The Balaban J connectivity index is 1.37. The van der Waals surface area contributed by atoms with Gasteiger partial charge in [0.05, 0.1) is 24.3 Å². The first-order chi connectivity index (χ1) is 21.5. The quantitative estimate of drug-likeness (QED) is 0.160. The predicted octanol–water partition coefficient (Wildman–Crippen LogP) is 7.05. The molecule has 5 aromatic rings. The number of carboxylic acids is 1. The van der Waals surface area contributed by atoms with Gasteiger partial charge in [-0.2, -0.15) is 17.9 Å². The number of carbonyl (C=O) groups is 1. The average Bonchev–Trinajstić information content (AvgIpc) is 3.33. The normalized spacial score (nSPS) is 11.5. The molecule has 7 nitrogen and oxygen atoms in total. The number of aromatic nitrogens is 3. The van der Waals surface area contributed by atoms with Gasteiger partial charge in [-0.05, 0) is 85.0 Å². The number of alkyl halides is 3. The Labute approximate surface area is 256 Å². The van der Waals surface area contributed by atoms with E-state index < -0.39 is 29.2 Å². The Morgan fingerprint density at radius 3 is 2.24 bits per heavy atom. The van der Waals surface area contributed by atoms with Gasteiger partial charge in [0.25, 0.3) is 0 Å². The van der Waals surface area contributed by atoms with E-state index in [2.05, 4.69) is 5.10 Å². The Morgan fingerprint density at radius 2 is 1.60 bits per heavy atom. The van der Waals surface area contributed by atoms with Crippen molar-refractivity contribution >= 4 is 5.97 Å². The van der Waals surface area contributed by atoms with Crippen LogP contribution in [0.4, 0.5) is 17.6 Å². The van der Waals surface area contributed by atoms with Crippen LogP contribution in [0.1, 0.15) is 35.9 Å². The second kappa shape index (κ2) is 13.2. The van der Waals surface area contributed by atoms with E-state index >= 15 is 0 Å². The largest absolute Gasteiger partial charge is 0.494 e. The van der Waals surface area contributed by atoms with Crippen LogP contribution in [0.15, 0.2) is 95.8 Å². The molecule has 1 aromatic heterocycles. The van der Waals surface area contributed by atoms with Crippen LogP contribution in [0.5, 0.6) is 5.75 Å². The molecule has 232 valence electrons. The molecular weight excluding hydrogens is 590 g/mol. The molecule has 0 fully saturated rings. The third-order valence-corrected chi connectivity index (χ3v) is 7.23. The molecule has 5 rings (SSSR count). The van der Waals surface area contributed by atoms with Crippen LogP contribution < -0.4 is 10.4 Å². The predicted molar refractivity (Wildman–Crippen MR) is 161 cm³/mol. The number of rotatable bonds is 11. The number of carboxylic acid groups (broad SMARTS) is 1. The third kappa shape index (κ3) is 7.14. The first-order valence-electron chi connectivity index (χ1n) is 14.3. The molecule has 1 N–H and O–H groups in total. The van der Waals surface area contributed by atoms with Crippen LogP contribution in [-0.2, 0) is 30.2 Å². The van der Waals surface area contributed by atoms with Crippen LogP contribution in [0.2, 0.25) is 0 Å². The summed E-state index contributed by atoms with van der Waals surface area (Å²) in [7, 11) is 0. The van der Waals surface area contributed by atoms with E-state index in [4.69, 9.17) is 4.74 Å². The highest BCUT2D eigenvalue weighted by molar-refractivity contribution is 5.74. The summed E-state index contributed by atoms with van der Waals surface area (Å²) in [5.74, 6) is -0.802. The van der Waals surface area contributed by atoms with Gasteiger partial charge in [0.15, 0.2) is 0 Å². The van der Waals surface area contributed by atoms with Crippen LogP contribution in [0, 0.1) is 5.82 Å². The van der Waals surface area contributed by atoms with Gasteiger partial charge >= 0.3 is 17.8 Å². The fraction of sp³-hybridized carbons (Fsp3) is 0.206. The molecule has 0 aliphatic heterocycles. The number of aliphatic carboxylic acids is 1. The molecule has 4 aromatic carbocycles. The number of aryl methyl sites for hydroxylation is 2. The maximum atomic E-state index is 14.6. The number of benzene rings is 4. The second-order valence-electron chi connectivity index (χ2n) is 10.3. The highest BCUT2D eigenvalue weighted by Gasteiger charge is 2.30. The average molecular weight is 620 g/mol. The number of hydrogen-bond acceptors (Lipinski definition) is 4. The molecule has 0 amide bonds. The zero-order valence-corrected chi connectivity index (χ0v) is 24.2. The van der Waals surface area contributed by atoms with Gasteiger partial charge in [-0.3, -0.25) is 4.79 Å². The van der Waals surface area contributed by atoms with E-state index in [1.807, 2.05) is 37.3 Å². The molecule has 0 unspecified atom stereocenters. The first kappa shape index (κ1) is 31.2. The molecule has 1 heterocycles. The summed E-state index contributed by atoms with van der Waals surface area (Å²) >= 11 is 0. The summed E-state index contributed by atoms with van der Waals surface area (Å²) in [4.78, 5) is 24.7. The topological polar surface area (TPSA) is 86.4 Å². The van der Waals surface area contributed by atoms with Gasteiger partial charge in [0, 0.05) is 12.0 Å². The highest BCUT2D eigenvalue weighted by Crippen LogP contribution is 2.30. The third-order valence-electron chi connectivity index (χ3n) is 7.23. The van der Waals surface area contributed by atoms with Crippen LogP contribution >= 0.6 is 0 Å². The monoisotopic (exact) mass is 619 g/mol. The Kier molecular flexibility index (Phi) is 9.17. The van der Waals surface area contributed by atoms with Crippen molar-refractivity contribution in [2.45, 2.75) is 38.8 Å². The van der Waals surface area contributed by atoms with Gasteiger partial charge in [-0.1, -0.05) is 42.5 Å². The molecule has 0 aliphatic carbocycles. The minimum atomic E-state index is -4.53. The van der Waals surface area contributed by atoms with E-state index in [9.17, 15) is 32.3 Å². The van der Waals surface area contributed by atoms with Crippen molar-refractivity contribution in [3.05, 3.63) is 130 Å². The zero-order chi connectivity index (χ0) is 32.1. The molecule has 0 saturated heterocycles. The van der Waals surface area contributed by atoms with Gasteiger partial charge < -0.3 is 9.84 Å². The van der Waals surface area contributed by atoms with E-state index in [-0.39, 0.29) is 30.0 Å². The van der Waals surface area contributed by atoms with E-state index in [0.29, 0.717) is 30.8 Å². The fourth-order valence-electron chi connectivity index (χ4n) is 5.08. The lowest BCUT2D eigenvalue weighted by atomic mass is 9.98. The van der Waals surface area contributed by atoms with Gasteiger partial charge in [-0.15, -0.1) is 5.10 Å². The summed E-state index contributed by atoms with van der Waals surface area (Å²) in [6.07, 6.45) is -3.27. The summed E-state index contributed by atoms with van der Waals surface area (Å²) in [6, 6.07) is 23.0. The highest BCUT2D eigenvalue weighted by atomic mass is 19.4. The Hall–Kier alpha value is -5.19. The van der Waals surface area contributed by atoms with Crippen molar-refractivity contribution in [2.24, 2.45) is 0 Å². The SMILES string of the molecule is CCOc1ccc(-c2ccc(CCCc3nn(-c4ccccc4F)c(=O)n3-c3ccc(C(F)(F)F)cc3)cc2)cc1CC(=O)O. The lowest BCUT2D eigenvalue weighted by Crippen LogP contribution is -2.24. The van der Waals surface area contributed by atoms with Gasteiger partial charge in [-0.25, -0.2) is 13.8 Å². The minimum absolute atomic E-state index is 0.0641. The van der Waals surface area contributed by atoms with Crippen LogP contribution in [0.3, 0.4) is 0 Å². The molecule has 0 atom stereocenters. The van der Waals surface area contributed by atoms with Crippen LogP contribution in [0.25, 0.3) is 22.5 Å². The number of hydrogen-bond donors (Lipinski definition) is 1. The van der Waals surface area contributed by atoms with Gasteiger partial charge in [0.1, 0.15) is 23.1 Å². The summed E-state index contributed by atoms with van der Waals surface area (Å²) in [5, 5.41) is 13.7. The van der Waals surface area contributed by atoms with Crippen molar-refractivity contribution in [1.29, 1.82) is 0 Å². The summed E-state index contributed by atoms with van der Waals surface area (Å²) in [6.45, 7) is 2.25. The number of nitrogens with zero attached hydrogens (tertiary/aromatic N) is 3. The second-order valence-corrected chi connectivity index (χ2v) is 10.3. The first-order valence-corrected chi connectivity index (χ1v) is 14.3. The number of ether oxygens (including phenoxy) is 1. The maximum Gasteiger partial charge on any atom is 0.416 e. The lowest BCUT2D eigenvalue weighted by Gasteiger charge is -2.12. The number of halogens is 4. The van der Waals surface area contributed by atoms with Crippen molar-refractivity contribution < 1.29 is 32.2 Å². The molecule has 0 saturated carbocycles. The standard InChI is InChI=1S/C34H29F4N3O4/c1-2-45-30-19-14-24(20-25(30)21-32(42)43)23-12-10-22(11-13-23)6-5-9-31-39-41(29-8-4-3-7-28(29)35)33(44)40(31)27-17-15-26(16-18-27)34(36,37)38/h3-4,7-8,10-20H,2,5-6,9,21H2,1H3,(H,42,43). The smallest absolute Gasteiger partial charge is 0.416 e. The molecular formula is C34H29F4N3O4. The molecule has 11 heteroatoms. The van der Waals surface area contributed by atoms with E-state index in [1.54, 1.807) is 18.2 Å². The van der Waals surface area contributed by atoms with E-state index in [1.165, 1.54) is 34.9 Å². The maximum absolute atomic E-state index is 14.6. The minimum Gasteiger partial charge on any atom is -0.494 e. The fourth-order valence-corrected chi connectivity index (χ4v) is 5.08. The summed E-state index contributed by atoms with van der Waals surface area (Å²) < 4.78 is 61.7. The zero-order valence-electron chi connectivity index (χ0n) is 24.2.